The zero-order valence-corrected chi connectivity index (χ0v) is 33.5. The summed E-state index contributed by atoms with van der Waals surface area (Å²) in [6, 6.07) is 0. The Morgan fingerprint density at radius 3 is 1.26 bits per heavy atom. The Bertz CT molecular complexity index is 827. The molecule has 0 aromatic rings. The predicted molar refractivity (Wildman–Crippen MR) is 207 cm³/mol. The van der Waals surface area contributed by atoms with E-state index < -0.39 is 32.5 Å². The van der Waals surface area contributed by atoms with Crippen molar-refractivity contribution in [3.63, 3.8) is 0 Å². The zero-order chi connectivity index (χ0) is 36.8. The molecule has 9 heteroatoms. The molecular weight excluding hydrogens is 651 g/mol. The fourth-order valence-corrected chi connectivity index (χ4v) is 6.49. The Morgan fingerprint density at radius 1 is 0.500 bits per heavy atom. The summed E-state index contributed by atoms with van der Waals surface area (Å²) in [6.07, 6.45) is 40.8. The second kappa shape index (κ2) is 37.5. The number of ether oxygens (including phenoxy) is 2. The fourth-order valence-electron chi connectivity index (χ4n) is 6.13. The smallest absolute Gasteiger partial charge is 0.462 e. The van der Waals surface area contributed by atoms with Gasteiger partial charge in [0, 0.05) is 12.8 Å². The molecule has 296 valence electrons. The summed E-state index contributed by atoms with van der Waals surface area (Å²) < 4.78 is 26.4. The van der Waals surface area contributed by atoms with E-state index in [1.165, 1.54) is 135 Å². The minimum Gasteiger partial charge on any atom is -0.462 e. The Labute approximate surface area is 307 Å². The van der Waals surface area contributed by atoms with Crippen LogP contribution >= 0.6 is 7.82 Å². The summed E-state index contributed by atoms with van der Waals surface area (Å²) in [7, 11) is -4.75. The first-order valence-corrected chi connectivity index (χ1v) is 22.5. The van der Waals surface area contributed by atoms with Gasteiger partial charge in [-0.1, -0.05) is 180 Å². The molecule has 0 aliphatic carbocycles. The molecule has 1 atom stereocenters. The molecule has 0 aromatic heterocycles. The van der Waals surface area contributed by atoms with Crippen molar-refractivity contribution in [3.8, 4) is 0 Å². The van der Waals surface area contributed by atoms with Gasteiger partial charge in [0.05, 0.1) is 6.61 Å². The molecule has 0 unspecified atom stereocenters. The van der Waals surface area contributed by atoms with Gasteiger partial charge in [0.15, 0.2) is 6.10 Å². The highest BCUT2D eigenvalue weighted by Crippen LogP contribution is 2.36. The largest absolute Gasteiger partial charge is 0.469 e. The van der Waals surface area contributed by atoms with Crippen LogP contribution in [0, 0.1) is 0 Å². The molecule has 8 nitrogen and oxygen atoms in total. The Balaban J connectivity index is 3.85. The average Bonchev–Trinajstić information content (AvgIpc) is 3.08. The van der Waals surface area contributed by atoms with Crippen molar-refractivity contribution in [1.29, 1.82) is 0 Å². The summed E-state index contributed by atoms with van der Waals surface area (Å²) in [6.45, 7) is 3.67. The van der Waals surface area contributed by atoms with Crippen molar-refractivity contribution in [2.75, 3.05) is 13.2 Å². The maximum Gasteiger partial charge on any atom is 0.469 e. The Morgan fingerprint density at radius 2 is 0.840 bits per heavy atom. The van der Waals surface area contributed by atoms with Crippen LogP contribution in [0.1, 0.15) is 219 Å². The molecule has 0 aliphatic heterocycles. The SMILES string of the molecule is CCCCC/C=C/CCCCCCCC(=O)OC[C@H](COP(=O)(O)O)OC(=O)CCCCCCCCCCCCCCCCCCCCCC. The fraction of sp³-hybridized carbons (Fsp3) is 0.902. The number of phosphoric acid groups is 1. The third-order valence-electron chi connectivity index (χ3n) is 9.28. The molecule has 0 amide bonds. The van der Waals surface area contributed by atoms with Gasteiger partial charge in [0.1, 0.15) is 6.61 Å². The van der Waals surface area contributed by atoms with Crippen LogP contribution < -0.4 is 0 Å². The molecule has 0 rings (SSSR count). The van der Waals surface area contributed by atoms with Gasteiger partial charge in [-0.15, -0.1) is 0 Å². The summed E-state index contributed by atoms with van der Waals surface area (Å²) in [5.74, 6) is -0.884. The van der Waals surface area contributed by atoms with Crippen molar-refractivity contribution in [2.24, 2.45) is 0 Å². The van der Waals surface area contributed by atoms with E-state index in [2.05, 4.69) is 30.5 Å². The first-order valence-electron chi connectivity index (χ1n) is 21.0. The van der Waals surface area contributed by atoms with E-state index in [0.717, 1.165) is 44.9 Å². The maximum atomic E-state index is 12.4. The third kappa shape index (κ3) is 39.6. The van der Waals surface area contributed by atoms with E-state index >= 15 is 0 Å². The van der Waals surface area contributed by atoms with Crippen LogP contribution in [0.15, 0.2) is 12.2 Å². The minimum atomic E-state index is -4.75. The molecule has 0 heterocycles. The van der Waals surface area contributed by atoms with Crippen molar-refractivity contribution >= 4 is 19.8 Å². The van der Waals surface area contributed by atoms with Crippen LogP contribution in [-0.2, 0) is 28.2 Å². The van der Waals surface area contributed by atoms with E-state index in [-0.39, 0.29) is 19.4 Å². The Kier molecular flexibility index (Phi) is 36.6. The highest BCUT2D eigenvalue weighted by atomic mass is 31.2. The Hall–Kier alpha value is -1.21. The minimum absolute atomic E-state index is 0.216. The second-order valence-electron chi connectivity index (χ2n) is 14.3. The van der Waals surface area contributed by atoms with Gasteiger partial charge >= 0.3 is 19.8 Å². The first kappa shape index (κ1) is 48.8. The van der Waals surface area contributed by atoms with Gasteiger partial charge in [-0.3, -0.25) is 14.1 Å². The molecule has 0 radical (unpaired) electrons. The van der Waals surface area contributed by atoms with Crippen molar-refractivity contribution in [2.45, 2.75) is 225 Å². The average molecular weight is 731 g/mol. The van der Waals surface area contributed by atoms with Crippen LogP contribution in [0.3, 0.4) is 0 Å². The van der Waals surface area contributed by atoms with Gasteiger partial charge in [-0.05, 0) is 38.5 Å². The number of carbonyl (C=O) groups excluding carboxylic acids is 2. The number of hydrogen-bond donors (Lipinski definition) is 2. The van der Waals surface area contributed by atoms with Gasteiger partial charge in [0.25, 0.3) is 0 Å². The number of carbonyl (C=O) groups is 2. The van der Waals surface area contributed by atoms with Crippen molar-refractivity contribution < 1.29 is 37.9 Å². The van der Waals surface area contributed by atoms with Crippen LogP contribution in [0.5, 0.6) is 0 Å². The van der Waals surface area contributed by atoms with Crippen LogP contribution in [-0.4, -0.2) is 41.0 Å². The third-order valence-corrected chi connectivity index (χ3v) is 9.77. The highest BCUT2D eigenvalue weighted by molar-refractivity contribution is 7.46. The van der Waals surface area contributed by atoms with Crippen molar-refractivity contribution in [3.05, 3.63) is 12.2 Å². The van der Waals surface area contributed by atoms with E-state index in [9.17, 15) is 14.2 Å². The summed E-state index contributed by atoms with van der Waals surface area (Å²) in [4.78, 5) is 42.8. The molecule has 0 saturated carbocycles. The lowest BCUT2D eigenvalue weighted by molar-refractivity contribution is -0.161. The lowest BCUT2D eigenvalue weighted by Crippen LogP contribution is -2.29. The van der Waals surface area contributed by atoms with Gasteiger partial charge in [0.2, 0.25) is 0 Å². The number of unbranched alkanes of at least 4 members (excludes halogenated alkanes) is 27. The quantitative estimate of drug-likeness (QED) is 0.0278. The topological polar surface area (TPSA) is 119 Å². The second-order valence-corrected chi connectivity index (χ2v) is 15.6. The number of hydrogen-bond acceptors (Lipinski definition) is 6. The number of rotatable bonds is 39. The first-order chi connectivity index (χ1) is 24.3. The molecule has 0 fully saturated rings. The van der Waals surface area contributed by atoms with Crippen LogP contribution in [0.2, 0.25) is 0 Å². The number of esters is 2. The normalized spacial score (nSPS) is 12.5. The van der Waals surface area contributed by atoms with E-state index in [1.54, 1.807) is 0 Å². The molecule has 2 N–H and O–H groups in total. The summed E-state index contributed by atoms with van der Waals surface area (Å²) >= 11 is 0. The van der Waals surface area contributed by atoms with E-state index in [0.29, 0.717) is 12.8 Å². The van der Waals surface area contributed by atoms with Crippen LogP contribution in [0.4, 0.5) is 0 Å². The van der Waals surface area contributed by atoms with Gasteiger partial charge in [-0.25, -0.2) is 4.57 Å². The molecule has 0 aromatic carbocycles. The van der Waals surface area contributed by atoms with E-state index in [4.69, 9.17) is 19.3 Å². The standard InChI is InChI=1S/C41H79O8P/c1-3-5-7-9-11-13-15-17-18-19-20-21-22-23-24-26-28-30-32-34-36-41(43)49-39(38-48-50(44,45)46)37-47-40(42)35-33-31-29-27-25-16-14-12-10-8-6-4-2/h12,14,39H,3-11,13,15-38H2,1-2H3,(H2,44,45,46)/b14-12+/t39-/m1/s1. The molecule has 0 bridgehead atoms. The molecule has 0 saturated heterocycles. The highest BCUT2D eigenvalue weighted by Gasteiger charge is 2.22. The summed E-state index contributed by atoms with van der Waals surface area (Å²) in [5, 5.41) is 0. The number of phosphoric ester groups is 1. The monoisotopic (exact) mass is 731 g/mol. The molecule has 0 aliphatic rings. The van der Waals surface area contributed by atoms with Gasteiger partial charge < -0.3 is 19.3 Å². The van der Waals surface area contributed by atoms with Crippen LogP contribution in [0.25, 0.3) is 0 Å². The molecule has 0 spiro atoms. The zero-order valence-electron chi connectivity index (χ0n) is 32.6. The molecule has 50 heavy (non-hydrogen) atoms. The lowest BCUT2D eigenvalue weighted by atomic mass is 10.0. The maximum absolute atomic E-state index is 12.4. The lowest BCUT2D eigenvalue weighted by Gasteiger charge is -2.18. The number of allylic oxidation sites excluding steroid dienone is 2. The van der Waals surface area contributed by atoms with Gasteiger partial charge in [-0.2, -0.15) is 0 Å². The summed E-state index contributed by atoms with van der Waals surface area (Å²) in [5.41, 5.74) is 0. The van der Waals surface area contributed by atoms with E-state index in [1.807, 2.05) is 0 Å². The molecular formula is C41H79O8P. The van der Waals surface area contributed by atoms with Crippen molar-refractivity contribution in [1.82, 2.24) is 0 Å². The predicted octanol–water partition coefficient (Wildman–Crippen LogP) is 12.6.